The first kappa shape index (κ1) is 20.0. The molecule has 1 heterocycles. The standard InChI is InChI=1S/C26H28N2O2/c1-19-13-25-24(14-26(19)30-3)22(18-28(25)17-21-7-5-4-6-8-21)16-27-15-20-9-11-23(29-2)12-10-20/h4-14,18,27H,15-17H2,1-3H3. The van der Waals surface area contributed by atoms with Crippen molar-refractivity contribution in [3.63, 3.8) is 0 Å². The first-order valence-electron chi connectivity index (χ1n) is 10.2. The van der Waals surface area contributed by atoms with Gasteiger partial charge in [0.05, 0.1) is 14.2 Å². The third-order valence-corrected chi connectivity index (χ3v) is 5.48. The summed E-state index contributed by atoms with van der Waals surface area (Å²) < 4.78 is 13.2. The summed E-state index contributed by atoms with van der Waals surface area (Å²) in [6.07, 6.45) is 2.26. The van der Waals surface area contributed by atoms with Crippen molar-refractivity contribution in [1.29, 1.82) is 0 Å². The van der Waals surface area contributed by atoms with E-state index >= 15 is 0 Å². The average Bonchev–Trinajstić information content (AvgIpc) is 3.10. The second-order valence-electron chi connectivity index (χ2n) is 7.56. The smallest absolute Gasteiger partial charge is 0.122 e. The molecule has 1 aromatic heterocycles. The van der Waals surface area contributed by atoms with Gasteiger partial charge >= 0.3 is 0 Å². The minimum absolute atomic E-state index is 0.788. The summed E-state index contributed by atoms with van der Waals surface area (Å²) in [6, 6.07) is 23.1. The van der Waals surface area contributed by atoms with Crippen LogP contribution in [0.25, 0.3) is 10.9 Å². The number of hydrogen-bond acceptors (Lipinski definition) is 3. The molecule has 0 atom stereocenters. The number of fused-ring (bicyclic) bond motifs is 1. The molecular weight excluding hydrogens is 372 g/mol. The first-order valence-corrected chi connectivity index (χ1v) is 10.2. The number of rotatable bonds is 8. The number of methoxy groups -OCH3 is 2. The summed E-state index contributed by atoms with van der Waals surface area (Å²) in [5.74, 6) is 1.81. The van der Waals surface area contributed by atoms with Crippen LogP contribution in [0.1, 0.15) is 22.3 Å². The van der Waals surface area contributed by atoms with Gasteiger partial charge in [-0.15, -0.1) is 0 Å². The van der Waals surface area contributed by atoms with E-state index in [1.807, 2.05) is 12.1 Å². The van der Waals surface area contributed by atoms with Crippen LogP contribution in [0, 0.1) is 6.92 Å². The normalized spacial score (nSPS) is 11.0. The van der Waals surface area contributed by atoms with Gasteiger partial charge in [0.25, 0.3) is 0 Å². The summed E-state index contributed by atoms with van der Waals surface area (Å²) in [5, 5.41) is 4.81. The van der Waals surface area contributed by atoms with Crippen LogP contribution >= 0.6 is 0 Å². The van der Waals surface area contributed by atoms with Crippen LogP contribution in [0.3, 0.4) is 0 Å². The molecule has 0 unspecified atom stereocenters. The fourth-order valence-electron chi connectivity index (χ4n) is 3.85. The maximum atomic E-state index is 5.59. The lowest BCUT2D eigenvalue weighted by molar-refractivity contribution is 0.412. The zero-order chi connectivity index (χ0) is 20.9. The van der Waals surface area contributed by atoms with Crippen molar-refractivity contribution in [1.82, 2.24) is 9.88 Å². The van der Waals surface area contributed by atoms with Gasteiger partial charge in [-0.1, -0.05) is 42.5 Å². The summed E-state index contributed by atoms with van der Waals surface area (Å²) in [5.41, 5.74) is 6.18. The van der Waals surface area contributed by atoms with Gasteiger partial charge in [0.15, 0.2) is 0 Å². The Bertz CT molecular complexity index is 1120. The second kappa shape index (κ2) is 9.06. The Labute approximate surface area is 178 Å². The third kappa shape index (κ3) is 4.34. The highest BCUT2D eigenvalue weighted by Crippen LogP contribution is 2.30. The number of hydrogen-bond donors (Lipinski definition) is 1. The lowest BCUT2D eigenvalue weighted by atomic mass is 10.1. The molecule has 3 aromatic carbocycles. The van der Waals surface area contributed by atoms with Gasteiger partial charge in [-0.2, -0.15) is 0 Å². The monoisotopic (exact) mass is 400 g/mol. The Morgan fingerprint density at radius 3 is 2.30 bits per heavy atom. The summed E-state index contributed by atoms with van der Waals surface area (Å²) in [6.45, 7) is 4.54. The molecule has 4 rings (SSSR count). The highest BCUT2D eigenvalue weighted by molar-refractivity contribution is 5.86. The molecule has 0 radical (unpaired) electrons. The number of ether oxygens (including phenoxy) is 2. The second-order valence-corrected chi connectivity index (χ2v) is 7.56. The molecule has 0 bridgehead atoms. The zero-order valence-electron chi connectivity index (χ0n) is 17.8. The van der Waals surface area contributed by atoms with E-state index in [0.29, 0.717) is 0 Å². The molecule has 0 fully saturated rings. The number of nitrogens with zero attached hydrogens (tertiary/aromatic N) is 1. The largest absolute Gasteiger partial charge is 0.497 e. The minimum atomic E-state index is 0.788. The van der Waals surface area contributed by atoms with Gasteiger partial charge in [0, 0.05) is 36.7 Å². The summed E-state index contributed by atoms with van der Waals surface area (Å²) in [4.78, 5) is 0. The van der Waals surface area contributed by atoms with Gasteiger partial charge in [-0.25, -0.2) is 0 Å². The van der Waals surface area contributed by atoms with Crippen molar-refractivity contribution >= 4 is 10.9 Å². The quantitative estimate of drug-likeness (QED) is 0.436. The van der Waals surface area contributed by atoms with Crippen LogP contribution in [-0.4, -0.2) is 18.8 Å². The molecule has 0 spiro atoms. The van der Waals surface area contributed by atoms with E-state index in [-0.39, 0.29) is 0 Å². The van der Waals surface area contributed by atoms with E-state index in [0.717, 1.165) is 36.7 Å². The van der Waals surface area contributed by atoms with Crippen LogP contribution in [-0.2, 0) is 19.6 Å². The van der Waals surface area contributed by atoms with Crippen molar-refractivity contribution < 1.29 is 9.47 Å². The third-order valence-electron chi connectivity index (χ3n) is 5.48. The van der Waals surface area contributed by atoms with E-state index in [4.69, 9.17) is 9.47 Å². The molecule has 0 amide bonds. The van der Waals surface area contributed by atoms with Gasteiger partial charge in [0.2, 0.25) is 0 Å². The molecule has 154 valence electrons. The van der Waals surface area contributed by atoms with Gasteiger partial charge < -0.3 is 19.4 Å². The van der Waals surface area contributed by atoms with Gasteiger partial charge in [-0.3, -0.25) is 0 Å². The molecule has 0 aliphatic heterocycles. The SMILES string of the molecule is COc1ccc(CNCc2cn(Cc3ccccc3)c3cc(C)c(OC)cc23)cc1. The van der Waals surface area contributed by atoms with Crippen LogP contribution in [0.2, 0.25) is 0 Å². The zero-order valence-corrected chi connectivity index (χ0v) is 17.8. The minimum Gasteiger partial charge on any atom is -0.497 e. The Hall–Kier alpha value is -3.24. The lowest BCUT2D eigenvalue weighted by Gasteiger charge is -2.09. The van der Waals surface area contributed by atoms with Crippen LogP contribution in [0.15, 0.2) is 72.9 Å². The van der Waals surface area contributed by atoms with Crippen molar-refractivity contribution in [2.45, 2.75) is 26.6 Å². The Balaban J connectivity index is 1.59. The van der Waals surface area contributed by atoms with E-state index in [1.165, 1.54) is 27.6 Å². The molecule has 1 N–H and O–H groups in total. The molecule has 0 saturated carbocycles. The Morgan fingerprint density at radius 1 is 0.833 bits per heavy atom. The number of nitrogens with one attached hydrogen (secondary N) is 1. The number of aryl methyl sites for hydroxylation is 1. The van der Waals surface area contributed by atoms with Crippen LogP contribution in [0.4, 0.5) is 0 Å². The predicted octanol–water partition coefficient (Wildman–Crippen LogP) is 5.31. The molecule has 0 aliphatic rings. The fourth-order valence-corrected chi connectivity index (χ4v) is 3.85. The number of benzene rings is 3. The van der Waals surface area contributed by atoms with Crippen molar-refractivity contribution in [3.05, 3.63) is 95.2 Å². The fraction of sp³-hybridized carbons (Fsp3) is 0.231. The van der Waals surface area contributed by atoms with Crippen molar-refractivity contribution in [3.8, 4) is 11.5 Å². The van der Waals surface area contributed by atoms with E-state index in [9.17, 15) is 0 Å². The molecular formula is C26H28N2O2. The predicted molar refractivity (Wildman–Crippen MR) is 122 cm³/mol. The van der Waals surface area contributed by atoms with Crippen LogP contribution in [0.5, 0.6) is 11.5 Å². The van der Waals surface area contributed by atoms with Gasteiger partial charge in [-0.05, 0) is 53.4 Å². The molecule has 0 aliphatic carbocycles. The molecule has 4 heteroatoms. The van der Waals surface area contributed by atoms with Crippen LogP contribution < -0.4 is 14.8 Å². The highest BCUT2D eigenvalue weighted by atomic mass is 16.5. The van der Waals surface area contributed by atoms with Crippen molar-refractivity contribution in [2.24, 2.45) is 0 Å². The number of aromatic nitrogens is 1. The average molecular weight is 401 g/mol. The summed E-state index contributed by atoms with van der Waals surface area (Å²) >= 11 is 0. The maximum absolute atomic E-state index is 5.59. The topological polar surface area (TPSA) is 35.4 Å². The van der Waals surface area contributed by atoms with E-state index < -0.39 is 0 Å². The Kier molecular flexibility index (Phi) is 6.05. The molecule has 0 saturated heterocycles. The highest BCUT2D eigenvalue weighted by Gasteiger charge is 2.12. The molecule has 4 nitrogen and oxygen atoms in total. The van der Waals surface area contributed by atoms with E-state index in [1.54, 1.807) is 14.2 Å². The molecule has 30 heavy (non-hydrogen) atoms. The van der Waals surface area contributed by atoms with Crippen molar-refractivity contribution in [2.75, 3.05) is 14.2 Å². The summed E-state index contributed by atoms with van der Waals surface area (Å²) in [7, 11) is 3.42. The molecule has 4 aromatic rings. The maximum Gasteiger partial charge on any atom is 0.122 e. The van der Waals surface area contributed by atoms with E-state index in [2.05, 4.69) is 77.6 Å². The first-order chi connectivity index (χ1) is 14.7. The Morgan fingerprint density at radius 2 is 1.60 bits per heavy atom. The lowest BCUT2D eigenvalue weighted by Crippen LogP contribution is -2.12. The van der Waals surface area contributed by atoms with Gasteiger partial charge in [0.1, 0.15) is 11.5 Å².